The predicted octanol–water partition coefficient (Wildman–Crippen LogP) is 3.45. The quantitative estimate of drug-likeness (QED) is 0.785. The fraction of sp³-hybridized carbons (Fsp3) is 0.0588. The van der Waals surface area contributed by atoms with E-state index in [9.17, 15) is 9.18 Å². The third-order valence-electron chi connectivity index (χ3n) is 3.09. The number of anilines is 1. The van der Waals surface area contributed by atoms with Crippen molar-refractivity contribution in [2.24, 2.45) is 0 Å². The number of rotatable bonds is 5. The van der Waals surface area contributed by atoms with Gasteiger partial charge in [0.05, 0.1) is 12.0 Å². The molecular formula is C17H14FN3O2. The SMILES string of the molecule is O=C(Cn1ccnc1)Nc1ccccc1Oc1ccc(F)cc1. The minimum absolute atomic E-state index is 0.158. The van der Waals surface area contributed by atoms with Gasteiger partial charge in [-0.25, -0.2) is 9.37 Å². The molecule has 1 amide bonds. The van der Waals surface area contributed by atoms with Crippen LogP contribution in [0.2, 0.25) is 0 Å². The molecule has 0 aliphatic heterocycles. The summed E-state index contributed by atoms with van der Waals surface area (Å²) in [5.74, 6) is 0.443. The van der Waals surface area contributed by atoms with E-state index in [1.165, 1.54) is 24.3 Å². The molecule has 5 nitrogen and oxygen atoms in total. The minimum atomic E-state index is -0.334. The third kappa shape index (κ3) is 3.94. The molecule has 0 unspecified atom stereocenters. The average Bonchev–Trinajstić information content (AvgIpc) is 3.04. The molecule has 1 N–H and O–H groups in total. The summed E-state index contributed by atoms with van der Waals surface area (Å²) in [5, 5.41) is 2.79. The van der Waals surface area contributed by atoms with Crippen molar-refractivity contribution in [2.75, 3.05) is 5.32 Å². The van der Waals surface area contributed by atoms with Crippen LogP contribution in [0.15, 0.2) is 67.3 Å². The molecule has 3 aromatic rings. The Labute approximate surface area is 132 Å². The maximum atomic E-state index is 12.9. The van der Waals surface area contributed by atoms with Crippen molar-refractivity contribution in [3.63, 3.8) is 0 Å². The molecule has 0 fully saturated rings. The zero-order valence-corrected chi connectivity index (χ0v) is 12.1. The number of ether oxygens (including phenoxy) is 1. The smallest absolute Gasteiger partial charge is 0.244 e. The summed E-state index contributed by atoms with van der Waals surface area (Å²) in [7, 11) is 0. The zero-order chi connectivity index (χ0) is 16.1. The first-order valence-electron chi connectivity index (χ1n) is 6.99. The number of carbonyl (C=O) groups excluding carboxylic acids is 1. The number of benzene rings is 2. The van der Waals surface area contributed by atoms with Crippen LogP contribution in [0.1, 0.15) is 0 Å². The van der Waals surface area contributed by atoms with Gasteiger partial charge in [0.1, 0.15) is 18.1 Å². The first-order valence-corrected chi connectivity index (χ1v) is 6.99. The molecule has 0 aliphatic rings. The van der Waals surface area contributed by atoms with Gasteiger partial charge in [-0.3, -0.25) is 4.79 Å². The monoisotopic (exact) mass is 311 g/mol. The van der Waals surface area contributed by atoms with Gasteiger partial charge in [-0.05, 0) is 36.4 Å². The van der Waals surface area contributed by atoms with Crippen molar-refractivity contribution in [3.8, 4) is 11.5 Å². The lowest BCUT2D eigenvalue weighted by molar-refractivity contribution is -0.116. The Morgan fingerprint density at radius 2 is 1.96 bits per heavy atom. The largest absolute Gasteiger partial charge is 0.455 e. The maximum absolute atomic E-state index is 12.9. The summed E-state index contributed by atoms with van der Waals surface area (Å²) < 4.78 is 20.3. The molecule has 1 heterocycles. The molecule has 3 rings (SSSR count). The summed E-state index contributed by atoms with van der Waals surface area (Å²) in [4.78, 5) is 16.0. The van der Waals surface area contributed by atoms with E-state index in [1.807, 2.05) is 0 Å². The van der Waals surface area contributed by atoms with Crippen LogP contribution in [0.3, 0.4) is 0 Å². The molecule has 0 aliphatic carbocycles. The van der Waals surface area contributed by atoms with Crippen molar-refractivity contribution in [1.29, 1.82) is 0 Å². The fourth-order valence-electron chi connectivity index (χ4n) is 2.02. The highest BCUT2D eigenvalue weighted by molar-refractivity contribution is 5.92. The van der Waals surface area contributed by atoms with Gasteiger partial charge in [-0.2, -0.15) is 0 Å². The Hall–Kier alpha value is -3.15. The highest BCUT2D eigenvalue weighted by atomic mass is 19.1. The Morgan fingerprint density at radius 1 is 1.17 bits per heavy atom. The molecule has 0 saturated carbocycles. The number of halogens is 1. The fourth-order valence-corrected chi connectivity index (χ4v) is 2.02. The van der Waals surface area contributed by atoms with E-state index < -0.39 is 0 Å². The highest BCUT2D eigenvalue weighted by Gasteiger charge is 2.09. The Bertz CT molecular complexity index is 786. The lowest BCUT2D eigenvalue weighted by Gasteiger charge is -2.12. The van der Waals surface area contributed by atoms with Gasteiger partial charge >= 0.3 is 0 Å². The second-order valence-electron chi connectivity index (χ2n) is 4.84. The number of aromatic nitrogens is 2. The summed E-state index contributed by atoms with van der Waals surface area (Å²) in [6, 6.07) is 12.7. The molecule has 0 bridgehead atoms. The summed E-state index contributed by atoms with van der Waals surface area (Å²) in [6.07, 6.45) is 4.89. The van der Waals surface area contributed by atoms with E-state index in [0.717, 1.165) is 0 Å². The topological polar surface area (TPSA) is 56.2 Å². The molecule has 0 saturated heterocycles. The van der Waals surface area contributed by atoms with Crippen LogP contribution in [0.25, 0.3) is 0 Å². The lowest BCUT2D eigenvalue weighted by Crippen LogP contribution is -2.18. The number of nitrogens with zero attached hydrogens (tertiary/aromatic N) is 2. The maximum Gasteiger partial charge on any atom is 0.244 e. The summed E-state index contributed by atoms with van der Waals surface area (Å²) >= 11 is 0. The molecule has 116 valence electrons. The van der Waals surface area contributed by atoms with Crippen molar-refractivity contribution < 1.29 is 13.9 Å². The Balaban J connectivity index is 1.72. The number of imidazole rings is 1. The summed E-state index contributed by atoms with van der Waals surface area (Å²) in [5.41, 5.74) is 0.543. The number of amides is 1. The van der Waals surface area contributed by atoms with Crippen LogP contribution in [0.5, 0.6) is 11.5 Å². The molecule has 6 heteroatoms. The number of nitrogens with one attached hydrogen (secondary N) is 1. The van der Waals surface area contributed by atoms with Crippen molar-refractivity contribution >= 4 is 11.6 Å². The molecule has 2 aromatic carbocycles. The highest BCUT2D eigenvalue weighted by Crippen LogP contribution is 2.29. The van der Waals surface area contributed by atoms with Gasteiger partial charge in [0, 0.05) is 12.4 Å². The van der Waals surface area contributed by atoms with Gasteiger partial charge < -0.3 is 14.6 Å². The Kier molecular flexibility index (Phi) is 4.33. The predicted molar refractivity (Wildman–Crippen MR) is 83.8 cm³/mol. The van der Waals surface area contributed by atoms with Gasteiger partial charge in [-0.15, -0.1) is 0 Å². The Morgan fingerprint density at radius 3 is 2.70 bits per heavy atom. The van der Waals surface area contributed by atoms with E-state index in [4.69, 9.17) is 4.74 Å². The van der Waals surface area contributed by atoms with Crippen molar-refractivity contribution in [3.05, 3.63) is 73.1 Å². The minimum Gasteiger partial charge on any atom is -0.455 e. The van der Waals surface area contributed by atoms with Gasteiger partial charge in [-0.1, -0.05) is 12.1 Å². The number of hydrogen-bond acceptors (Lipinski definition) is 3. The standard InChI is InChI=1S/C17H14FN3O2/c18-13-5-7-14(8-6-13)23-16-4-2-1-3-15(16)20-17(22)11-21-10-9-19-12-21/h1-10,12H,11H2,(H,20,22). The third-order valence-corrected chi connectivity index (χ3v) is 3.09. The first kappa shape index (κ1) is 14.8. The first-order chi connectivity index (χ1) is 11.2. The molecule has 0 radical (unpaired) electrons. The van der Waals surface area contributed by atoms with Gasteiger partial charge in [0.25, 0.3) is 0 Å². The number of hydrogen-bond donors (Lipinski definition) is 1. The second kappa shape index (κ2) is 6.74. The van der Waals surface area contributed by atoms with E-state index in [2.05, 4.69) is 10.3 Å². The lowest BCUT2D eigenvalue weighted by atomic mass is 10.2. The molecule has 0 spiro atoms. The van der Waals surface area contributed by atoms with Crippen LogP contribution in [-0.4, -0.2) is 15.5 Å². The second-order valence-corrected chi connectivity index (χ2v) is 4.84. The van der Waals surface area contributed by atoms with Crippen LogP contribution < -0.4 is 10.1 Å². The number of carbonyl (C=O) groups is 1. The van der Waals surface area contributed by atoms with Gasteiger partial charge in [0.15, 0.2) is 5.75 Å². The molecule has 23 heavy (non-hydrogen) atoms. The van der Waals surface area contributed by atoms with Gasteiger partial charge in [0.2, 0.25) is 5.91 Å². The number of para-hydroxylation sites is 2. The van der Waals surface area contributed by atoms with E-state index in [0.29, 0.717) is 17.2 Å². The molecule has 1 aromatic heterocycles. The van der Waals surface area contributed by atoms with Crippen molar-refractivity contribution in [2.45, 2.75) is 6.54 Å². The van der Waals surface area contributed by atoms with E-state index in [-0.39, 0.29) is 18.3 Å². The van der Waals surface area contributed by atoms with E-state index >= 15 is 0 Å². The average molecular weight is 311 g/mol. The molecular weight excluding hydrogens is 297 g/mol. The molecule has 0 atom stereocenters. The normalized spacial score (nSPS) is 10.3. The van der Waals surface area contributed by atoms with Crippen LogP contribution in [0, 0.1) is 5.82 Å². The van der Waals surface area contributed by atoms with Crippen LogP contribution >= 0.6 is 0 Å². The zero-order valence-electron chi connectivity index (χ0n) is 12.1. The van der Waals surface area contributed by atoms with Crippen LogP contribution in [-0.2, 0) is 11.3 Å². The van der Waals surface area contributed by atoms with E-state index in [1.54, 1.807) is 47.6 Å². The summed E-state index contributed by atoms with van der Waals surface area (Å²) in [6.45, 7) is 0.158. The van der Waals surface area contributed by atoms with Crippen LogP contribution in [0.4, 0.5) is 10.1 Å². The van der Waals surface area contributed by atoms with Crippen molar-refractivity contribution in [1.82, 2.24) is 9.55 Å².